The van der Waals surface area contributed by atoms with Gasteiger partial charge in [-0.15, -0.1) is 0 Å². The Morgan fingerprint density at radius 2 is 2.43 bits per heavy atom. The third kappa shape index (κ3) is 2.73. The average Bonchev–Trinajstić information content (AvgIpc) is 2.29. The summed E-state index contributed by atoms with van der Waals surface area (Å²) in [4.78, 5) is 8.62. The van der Waals surface area contributed by atoms with Crippen LogP contribution in [-0.2, 0) is 6.54 Å². The standard InChI is InChI=1S/C10H13N3S/c1-2-5-11-9(4-1)8-13-10-12-6-3-7-14-10/h1-2,4-5H,3,6-8H2,(H,12,13). The van der Waals surface area contributed by atoms with Gasteiger partial charge >= 0.3 is 0 Å². The molecule has 74 valence electrons. The lowest BCUT2D eigenvalue weighted by molar-refractivity contribution is 0.857. The predicted octanol–water partition coefficient (Wildman–Crippen LogP) is 1.66. The van der Waals surface area contributed by atoms with Gasteiger partial charge in [0.25, 0.3) is 0 Å². The van der Waals surface area contributed by atoms with Gasteiger partial charge in [-0.25, -0.2) is 0 Å². The topological polar surface area (TPSA) is 37.3 Å². The van der Waals surface area contributed by atoms with E-state index in [0.717, 1.165) is 24.0 Å². The Balaban J connectivity index is 1.85. The van der Waals surface area contributed by atoms with E-state index in [1.54, 1.807) is 11.8 Å². The van der Waals surface area contributed by atoms with Crippen molar-refractivity contribution in [3.63, 3.8) is 0 Å². The molecule has 1 aromatic heterocycles. The molecule has 4 heteroatoms. The third-order valence-corrected chi connectivity index (χ3v) is 2.98. The summed E-state index contributed by atoms with van der Waals surface area (Å²) in [5.41, 5.74) is 1.06. The fraction of sp³-hybridized carbons (Fsp3) is 0.400. The van der Waals surface area contributed by atoms with Crippen LogP contribution in [0.25, 0.3) is 0 Å². The quantitative estimate of drug-likeness (QED) is 0.801. The molecule has 3 nitrogen and oxygen atoms in total. The molecule has 1 N–H and O–H groups in total. The Hall–Kier alpha value is -1.03. The number of hydrogen-bond donors (Lipinski definition) is 1. The van der Waals surface area contributed by atoms with Gasteiger partial charge in [-0.05, 0) is 18.6 Å². The maximum absolute atomic E-state index is 4.39. The van der Waals surface area contributed by atoms with Crippen molar-refractivity contribution >= 4 is 16.9 Å². The lowest BCUT2D eigenvalue weighted by Crippen LogP contribution is -2.23. The van der Waals surface area contributed by atoms with Gasteiger partial charge in [0.1, 0.15) is 0 Å². The SMILES string of the molecule is c1ccc(CNC2=NCCCS2)nc1. The lowest BCUT2D eigenvalue weighted by Gasteiger charge is -2.12. The molecule has 1 aromatic rings. The molecule has 0 saturated carbocycles. The minimum absolute atomic E-state index is 0.771. The summed E-state index contributed by atoms with van der Waals surface area (Å²) >= 11 is 1.79. The monoisotopic (exact) mass is 207 g/mol. The summed E-state index contributed by atoms with van der Waals surface area (Å²) in [6.45, 7) is 1.73. The van der Waals surface area contributed by atoms with E-state index >= 15 is 0 Å². The highest BCUT2D eigenvalue weighted by Gasteiger charge is 2.04. The minimum atomic E-state index is 0.771. The summed E-state index contributed by atoms with van der Waals surface area (Å²) in [5.74, 6) is 1.17. The van der Waals surface area contributed by atoms with Gasteiger partial charge in [0, 0.05) is 18.5 Å². The number of nitrogens with one attached hydrogen (secondary N) is 1. The van der Waals surface area contributed by atoms with Gasteiger partial charge in [-0.3, -0.25) is 9.98 Å². The molecule has 2 rings (SSSR count). The molecule has 0 fully saturated rings. The van der Waals surface area contributed by atoms with Crippen LogP contribution in [0.1, 0.15) is 12.1 Å². The van der Waals surface area contributed by atoms with E-state index in [0.29, 0.717) is 0 Å². The van der Waals surface area contributed by atoms with Crippen LogP contribution < -0.4 is 5.32 Å². The molecular formula is C10H13N3S. The van der Waals surface area contributed by atoms with Crippen molar-refractivity contribution in [3.8, 4) is 0 Å². The van der Waals surface area contributed by atoms with Gasteiger partial charge in [0.2, 0.25) is 0 Å². The molecule has 0 aliphatic carbocycles. The number of amidine groups is 1. The maximum Gasteiger partial charge on any atom is 0.156 e. The van der Waals surface area contributed by atoms with E-state index in [1.165, 1.54) is 12.2 Å². The summed E-state index contributed by atoms with van der Waals surface area (Å²) in [5, 5.41) is 4.35. The second kappa shape index (κ2) is 5.00. The van der Waals surface area contributed by atoms with Crippen LogP contribution in [0.15, 0.2) is 29.4 Å². The summed E-state index contributed by atoms with van der Waals surface area (Å²) in [6, 6.07) is 5.94. The minimum Gasteiger partial charge on any atom is -0.359 e. The van der Waals surface area contributed by atoms with Crippen LogP contribution in [0.4, 0.5) is 0 Å². The average molecular weight is 207 g/mol. The van der Waals surface area contributed by atoms with Crippen molar-refractivity contribution < 1.29 is 0 Å². The molecule has 1 aliphatic heterocycles. The maximum atomic E-state index is 4.39. The Morgan fingerprint density at radius 1 is 1.43 bits per heavy atom. The number of aliphatic imine (C=N–C) groups is 1. The van der Waals surface area contributed by atoms with Gasteiger partial charge in [0.05, 0.1) is 12.2 Å². The van der Waals surface area contributed by atoms with Crippen LogP contribution in [0.2, 0.25) is 0 Å². The Labute approximate surface area is 88.0 Å². The first kappa shape index (κ1) is 9.52. The largest absolute Gasteiger partial charge is 0.359 e. The fourth-order valence-electron chi connectivity index (χ4n) is 1.24. The number of aromatic nitrogens is 1. The summed E-state index contributed by atoms with van der Waals surface area (Å²) in [6.07, 6.45) is 3.01. The number of hydrogen-bond acceptors (Lipinski definition) is 4. The van der Waals surface area contributed by atoms with E-state index in [4.69, 9.17) is 0 Å². The molecule has 0 amide bonds. The van der Waals surface area contributed by atoms with Crippen LogP contribution in [0.3, 0.4) is 0 Å². The zero-order valence-corrected chi connectivity index (χ0v) is 8.76. The highest BCUT2D eigenvalue weighted by Crippen LogP contribution is 2.10. The molecule has 0 saturated heterocycles. The van der Waals surface area contributed by atoms with Gasteiger partial charge in [-0.1, -0.05) is 17.8 Å². The fourth-order valence-corrected chi connectivity index (χ4v) is 2.06. The second-order valence-corrected chi connectivity index (χ2v) is 4.15. The summed E-state index contributed by atoms with van der Waals surface area (Å²) < 4.78 is 0. The van der Waals surface area contributed by atoms with Gasteiger partial charge in [0.15, 0.2) is 5.17 Å². The highest BCUT2D eigenvalue weighted by molar-refractivity contribution is 8.13. The van der Waals surface area contributed by atoms with Crippen molar-refractivity contribution in [2.75, 3.05) is 12.3 Å². The van der Waals surface area contributed by atoms with Gasteiger partial charge < -0.3 is 5.32 Å². The number of rotatable bonds is 2. The first-order valence-electron chi connectivity index (χ1n) is 4.76. The molecule has 0 unspecified atom stereocenters. The smallest absolute Gasteiger partial charge is 0.156 e. The highest BCUT2D eigenvalue weighted by atomic mass is 32.2. The molecule has 0 bridgehead atoms. The number of pyridine rings is 1. The zero-order valence-electron chi connectivity index (χ0n) is 7.94. The zero-order chi connectivity index (χ0) is 9.64. The van der Waals surface area contributed by atoms with Crippen molar-refractivity contribution in [2.45, 2.75) is 13.0 Å². The Morgan fingerprint density at radius 3 is 3.14 bits per heavy atom. The lowest BCUT2D eigenvalue weighted by atomic mass is 10.3. The first-order valence-corrected chi connectivity index (χ1v) is 5.75. The van der Waals surface area contributed by atoms with Crippen molar-refractivity contribution in [1.29, 1.82) is 0 Å². The van der Waals surface area contributed by atoms with Crippen molar-refractivity contribution in [3.05, 3.63) is 30.1 Å². The van der Waals surface area contributed by atoms with E-state index in [9.17, 15) is 0 Å². The van der Waals surface area contributed by atoms with Gasteiger partial charge in [-0.2, -0.15) is 0 Å². The van der Waals surface area contributed by atoms with Crippen LogP contribution >= 0.6 is 11.8 Å². The first-order chi connectivity index (χ1) is 6.95. The Bertz CT molecular complexity index is 310. The molecule has 0 radical (unpaired) electrons. The number of thioether (sulfide) groups is 1. The van der Waals surface area contributed by atoms with E-state index in [2.05, 4.69) is 15.3 Å². The second-order valence-electron chi connectivity index (χ2n) is 3.06. The van der Waals surface area contributed by atoms with E-state index in [-0.39, 0.29) is 0 Å². The molecule has 0 spiro atoms. The molecule has 14 heavy (non-hydrogen) atoms. The van der Waals surface area contributed by atoms with Crippen molar-refractivity contribution in [1.82, 2.24) is 10.3 Å². The van der Waals surface area contributed by atoms with Crippen molar-refractivity contribution in [2.24, 2.45) is 4.99 Å². The third-order valence-electron chi connectivity index (χ3n) is 1.94. The normalized spacial score (nSPS) is 16.1. The number of nitrogens with zero attached hydrogens (tertiary/aromatic N) is 2. The predicted molar refractivity (Wildman–Crippen MR) is 60.5 cm³/mol. The summed E-state index contributed by atoms with van der Waals surface area (Å²) in [7, 11) is 0. The molecule has 0 atom stereocenters. The van der Waals surface area contributed by atoms with Crippen LogP contribution in [0, 0.1) is 0 Å². The molecule has 2 heterocycles. The van der Waals surface area contributed by atoms with E-state index < -0.39 is 0 Å². The molecule has 1 aliphatic rings. The van der Waals surface area contributed by atoms with Crippen LogP contribution in [-0.4, -0.2) is 22.4 Å². The van der Waals surface area contributed by atoms with Crippen LogP contribution in [0.5, 0.6) is 0 Å². The Kier molecular flexibility index (Phi) is 3.40. The molecule has 0 aromatic carbocycles. The molecular weight excluding hydrogens is 194 g/mol. The van der Waals surface area contributed by atoms with E-state index in [1.807, 2.05) is 24.4 Å².